The number of nitrogens with one attached hydrogen (secondary N) is 2. The van der Waals surface area contributed by atoms with Crippen LogP contribution in [-0.2, 0) is 6.54 Å². The van der Waals surface area contributed by atoms with Gasteiger partial charge in [-0.05, 0) is 38.1 Å². The van der Waals surface area contributed by atoms with Crippen molar-refractivity contribution < 1.29 is 14.1 Å². The van der Waals surface area contributed by atoms with Gasteiger partial charge in [-0.15, -0.1) is 0 Å². The zero-order chi connectivity index (χ0) is 19.6. The molecule has 0 bridgehead atoms. The first kappa shape index (κ1) is 20.2. The molecule has 8 heteroatoms. The lowest BCUT2D eigenvalue weighted by Gasteiger charge is -2.17. The lowest BCUT2D eigenvalue weighted by Crippen LogP contribution is -2.41. The zero-order valence-electron chi connectivity index (χ0n) is 15.3. The molecule has 1 unspecified atom stereocenters. The Morgan fingerprint density at radius 2 is 1.93 bits per heavy atom. The summed E-state index contributed by atoms with van der Waals surface area (Å²) in [6.45, 7) is 5.10. The third-order valence-electron chi connectivity index (χ3n) is 3.65. The van der Waals surface area contributed by atoms with E-state index in [-0.39, 0.29) is 24.2 Å². The molecule has 2 aromatic carbocycles. The van der Waals surface area contributed by atoms with Gasteiger partial charge in [-0.2, -0.15) is 0 Å². The minimum atomic E-state index is -0.413. The van der Waals surface area contributed by atoms with Crippen LogP contribution in [-0.4, -0.2) is 30.1 Å². The topological polar surface area (TPSA) is 88.8 Å². The van der Waals surface area contributed by atoms with Crippen molar-refractivity contribution >= 4 is 11.6 Å². The number of hydrogen-bond donors (Lipinski definition) is 2. The molecule has 1 atom stereocenters. The number of nitro groups is 1. The van der Waals surface area contributed by atoms with Crippen LogP contribution in [0.2, 0.25) is 0 Å². The standard InChI is InChI=1S/C19H23FN4O3/c1-3-21-19(23-13-15-6-4-5-7-18(15)24(25)26)22-12-14(2)27-17-10-8-16(20)9-11-17/h4-11,14H,3,12-13H2,1-2H3,(H2,21,22,23). The Labute approximate surface area is 157 Å². The summed E-state index contributed by atoms with van der Waals surface area (Å²) in [5, 5.41) is 17.3. The van der Waals surface area contributed by atoms with E-state index in [1.165, 1.54) is 18.2 Å². The Morgan fingerprint density at radius 3 is 2.59 bits per heavy atom. The number of nitro benzene ring substituents is 1. The molecule has 0 saturated carbocycles. The van der Waals surface area contributed by atoms with Gasteiger partial charge in [0.1, 0.15) is 17.7 Å². The van der Waals surface area contributed by atoms with Gasteiger partial charge in [-0.25, -0.2) is 9.38 Å². The van der Waals surface area contributed by atoms with E-state index in [1.54, 1.807) is 30.3 Å². The molecular weight excluding hydrogens is 351 g/mol. The van der Waals surface area contributed by atoms with Crippen molar-refractivity contribution in [2.75, 3.05) is 13.1 Å². The predicted octanol–water partition coefficient (Wildman–Crippen LogP) is 3.26. The van der Waals surface area contributed by atoms with Crippen LogP contribution in [0.3, 0.4) is 0 Å². The van der Waals surface area contributed by atoms with E-state index >= 15 is 0 Å². The summed E-state index contributed by atoms with van der Waals surface area (Å²) in [7, 11) is 0. The van der Waals surface area contributed by atoms with E-state index in [9.17, 15) is 14.5 Å². The molecule has 0 heterocycles. The fraction of sp³-hybridized carbons (Fsp3) is 0.316. The second-order valence-electron chi connectivity index (χ2n) is 5.84. The lowest BCUT2D eigenvalue weighted by molar-refractivity contribution is -0.385. The molecule has 0 aliphatic rings. The number of halogens is 1. The molecule has 27 heavy (non-hydrogen) atoms. The van der Waals surface area contributed by atoms with Crippen molar-refractivity contribution in [3.8, 4) is 5.75 Å². The fourth-order valence-electron chi connectivity index (χ4n) is 2.36. The Kier molecular flexibility index (Phi) is 7.54. The zero-order valence-corrected chi connectivity index (χ0v) is 15.3. The number of rotatable bonds is 8. The summed E-state index contributed by atoms with van der Waals surface area (Å²) in [5.41, 5.74) is 0.584. The maximum Gasteiger partial charge on any atom is 0.274 e. The summed E-state index contributed by atoms with van der Waals surface area (Å²) >= 11 is 0. The molecule has 0 radical (unpaired) electrons. The second kappa shape index (κ2) is 10.1. The molecule has 2 N–H and O–H groups in total. The van der Waals surface area contributed by atoms with Crippen molar-refractivity contribution in [3.63, 3.8) is 0 Å². The van der Waals surface area contributed by atoms with Crippen LogP contribution in [0.25, 0.3) is 0 Å². The first-order valence-corrected chi connectivity index (χ1v) is 8.66. The first-order chi connectivity index (χ1) is 13.0. The average Bonchev–Trinajstić information content (AvgIpc) is 2.66. The average molecular weight is 374 g/mol. The second-order valence-corrected chi connectivity index (χ2v) is 5.84. The molecule has 144 valence electrons. The van der Waals surface area contributed by atoms with Crippen LogP contribution in [0.15, 0.2) is 53.5 Å². The number of aliphatic imine (C=N–C) groups is 1. The third-order valence-corrected chi connectivity index (χ3v) is 3.65. The molecule has 0 aromatic heterocycles. The summed E-state index contributed by atoms with van der Waals surface area (Å²) in [4.78, 5) is 15.1. The van der Waals surface area contributed by atoms with E-state index < -0.39 is 4.92 Å². The molecule has 0 spiro atoms. The number of nitrogens with zero attached hydrogens (tertiary/aromatic N) is 2. The van der Waals surface area contributed by atoms with Crippen LogP contribution in [0.5, 0.6) is 5.75 Å². The van der Waals surface area contributed by atoms with Gasteiger partial charge in [0.2, 0.25) is 0 Å². The summed E-state index contributed by atoms with van der Waals surface area (Å²) < 4.78 is 18.6. The number of para-hydroxylation sites is 1. The van der Waals surface area contributed by atoms with Gasteiger partial charge in [-0.3, -0.25) is 10.1 Å². The molecule has 0 aliphatic carbocycles. The lowest BCUT2D eigenvalue weighted by atomic mass is 10.2. The minimum absolute atomic E-state index is 0.0464. The first-order valence-electron chi connectivity index (χ1n) is 8.66. The Balaban J connectivity index is 1.95. The van der Waals surface area contributed by atoms with Gasteiger partial charge < -0.3 is 15.4 Å². The van der Waals surface area contributed by atoms with Crippen LogP contribution in [0.1, 0.15) is 19.4 Å². The Hall–Kier alpha value is -3.16. The minimum Gasteiger partial charge on any atom is -0.489 e. The highest BCUT2D eigenvalue weighted by molar-refractivity contribution is 5.79. The van der Waals surface area contributed by atoms with Crippen LogP contribution >= 0.6 is 0 Å². The van der Waals surface area contributed by atoms with Crippen molar-refractivity contribution in [3.05, 3.63) is 70.0 Å². The smallest absolute Gasteiger partial charge is 0.274 e. The van der Waals surface area contributed by atoms with Gasteiger partial charge >= 0.3 is 0 Å². The maximum atomic E-state index is 12.9. The highest BCUT2D eigenvalue weighted by atomic mass is 19.1. The molecule has 2 aromatic rings. The van der Waals surface area contributed by atoms with Gasteiger partial charge in [0.05, 0.1) is 23.6 Å². The monoisotopic (exact) mass is 374 g/mol. The molecule has 7 nitrogen and oxygen atoms in total. The molecular formula is C19H23FN4O3. The van der Waals surface area contributed by atoms with E-state index in [0.717, 1.165) is 0 Å². The number of hydrogen-bond acceptors (Lipinski definition) is 4. The highest BCUT2D eigenvalue weighted by Gasteiger charge is 2.12. The van der Waals surface area contributed by atoms with Gasteiger partial charge in [0.25, 0.3) is 5.69 Å². The normalized spacial score (nSPS) is 12.3. The Bertz CT molecular complexity index is 781. The van der Waals surface area contributed by atoms with Crippen LogP contribution in [0.4, 0.5) is 10.1 Å². The number of guanidine groups is 1. The van der Waals surface area contributed by atoms with E-state index in [4.69, 9.17) is 4.74 Å². The molecule has 2 rings (SSSR count). The predicted molar refractivity (Wildman–Crippen MR) is 102 cm³/mol. The maximum absolute atomic E-state index is 12.9. The van der Waals surface area contributed by atoms with Gasteiger partial charge in [-0.1, -0.05) is 18.2 Å². The van der Waals surface area contributed by atoms with E-state index in [2.05, 4.69) is 15.6 Å². The number of benzene rings is 2. The summed E-state index contributed by atoms with van der Waals surface area (Å²) in [6, 6.07) is 12.3. The van der Waals surface area contributed by atoms with Crippen LogP contribution < -0.4 is 15.4 Å². The van der Waals surface area contributed by atoms with Crippen molar-refractivity contribution in [2.45, 2.75) is 26.5 Å². The third kappa shape index (κ3) is 6.58. The summed E-state index contributed by atoms with van der Waals surface area (Å²) in [6.07, 6.45) is -0.189. The Morgan fingerprint density at radius 1 is 1.22 bits per heavy atom. The van der Waals surface area contributed by atoms with Crippen molar-refractivity contribution in [2.24, 2.45) is 4.99 Å². The molecule has 0 fully saturated rings. The fourth-order valence-corrected chi connectivity index (χ4v) is 2.36. The van der Waals surface area contributed by atoms with E-state index in [1.807, 2.05) is 13.8 Å². The quantitative estimate of drug-likeness (QED) is 0.320. The van der Waals surface area contributed by atoms with Crippen molar-refractivity contribution in [1.82, 2.24) is 10.6 Å². The van der Waals surface area contributed by atoms with Gasteiger partial charge in [0.15, 0.2) is 5.96 Å². The van der Waals surface area contributed by atoms with E-state index in [0.29, 0.717) is 30.4 Å². The molecule has 0 saturated heterocycles. The molecule has 0 amide bonds. The largest absolute Gasteiger partial charge is 0.489 e. The van der Waals surface area contributed by atoms with Crippen LogP contribution in [0, 0.1) is 15.9 Å². The highest BCUT2D eigenvalue weighted by Crippen LogP contribution is 2.18. The molecule has 0 aliphatic heterocycles. The SMILES string of the molecule is CCNC(=NCc1ccccc1[N+](=O)[O-])NCC(C)Oc1ccc(F)cc1. The van der Waals surface area contributed by atoms with Crippen molar-refractivity contribution in [1.29, 1.82) is 0 Å². The summed E-state index contributed by atoms with van der Waals surface area (Å²) in [5.74, 6) is 0.794. The number of ether oxygens (including phenoxy) is 1. The van der Waals surface area contributed by atoms with Gasteiger partial charge in [0, 0.05) is 12.6 Å².